The number of aromatic nitrogens is 2. The minimum Gasteiger partial charge on any atom is -0.481 e. The van der Waals surface area contributed by atoms with Crippen LogP contribution in [0.5, 0.6) is 0 Å². The van der Waals surface area contributed by atoms with Gasteiger partial charge in [-0.05, 0) is 37.1 Å². The first-order chi connectivity index (χ1) is 8.99. The van der Waals surface area contributed by atoms with E-state index in [9.17, 15) is 13.6 Å². The largest absolute Gasteiger partial charge is 0.481 e. The van der Waals surface area contributed by atoms with Crippen LogP contribution in [0.1, 0.15) is 17.7 Å². The van der Waals surface area contributed by atoms with Gasteiger partial charge in [0.25, 0.3) is 0 Å². The number of benzene rings is 1. The normalized spacial score (nSPS) is 10.7. The summed E-state index contributed by atoms with van der Waals surface area (Å²) >= 11 is 0. The topological polar surface area (TPSA) is 66.0 Å². The Hall–Kier alpha value is -2.24. The van der Waals surface area contributed by atoms with Crippen molar-refractivity contribution >= 4 is 5.97 Å². The van der Waals surface area contributed by atoms with Crippen LogP contribution in [-0.2, 0) is 11.2 Å². The highest BCUT2D eigenvalue weighted by atomic mass is 19.2. The highest BCUT2D eigenvalue weighted by Crippen LogP contribution is 2.25. The van der Waals surface area contributed by atoms with E-state index < -0.39 is 17.6 Å². The van der Waals surface area contributed by atoms with Crippen LogP contribution < -0.4 is 0 Å². The number of H-pyrrole nitrogens is 1. The highest BCUT2D eigenvalue weighted by Gasteiger charge is 2.13. The molecule has 19 heavy (non-hydrogen) atoms. The first kappa shape index (κ1) is 13.2. The molecule has 4 nitrogen and oxygen atoms in total. The number of carboxylic acids is 1. The summed E-state index contributed by atoms with van der Waals surface area (Å²) in [4.78, 5) is 10.5. The maximum atomic E-state index is 13.2. The zero-order valence-corrected chi connectivity index (χ0v) is 10.2. The van der Waals surface area contributed by atoms with Crippen molar-refractivity contribution in [2.45, 2.75) is 19.8 Å². The molecule has 0 saturated heterocycles. The second-order valence-corrected chi connectivity index (χ2v) is 4.20. The van der Waals surface area contributed by atoms with Crippen LogP contribution in [0.3, 0.4) is 0 Å². The molecule has 0 atom stereocenters. The van der Waals surface area contributed by atoms with Crippen molar-refractivity contribution < 1.29 is 18.7 Å². The molecule has 0 aliphatic rings. The zero-order chi connectivity index (χ0) is 14.0. The Balaban J connectivity index is 2.30. The number of hydrogen-bond acceptors (Lipinski definition) is 2. The summed E-state index contributed by atoms with van der Waals surface area (Å²) in [5, 5.41) is 15.4. The van der Waals surface area contributed by atoms with E-state index in [1.165, 1.54) is 6.07 Å². The number of carbonyl (C=O) groups is 1. The van der Waals surface area contributed by atoms with Crippen molar-refractivity contribution in [2.75, 3.05) is 0 Å². The zero-order valence-electron chi connectivity index (χ0n) is 10.2. The SMILES string of the molecule is Cc1c(-c2ccc(F)c(F)c2)n[nH]c1CCC(=O)O. The molecule has 0 aliphatic carbocycles. The average Bonchev–Trinajstić information content (AvgIpc) is 2.72. The molecule has 0 radical (unpaired) electrons. The lowest BCUT2D eigenvalue weighted by Gasteiger charge is -2.01. The van der Waals surface area contributed by atoms with E-state index in [-0.39, 0.29) is 6.42 Å². The minimum absolute atomic E-state index is 0.0136. The van der Waals surface area contributed by atoms with Gasteiger partial charge in [0, 0.05) is 11.3 Å². The van der Waals surface area contributed by atoms with Gasteiger partial charge in [0.05, 0.1) is 12.1 Å². The number of nitrogens with zero attached hydrogens (tertiary/aromatic N) is 1. The number of aliphatic carboxylic acids is 1. The molecule has 2 N–H and O–H groups in total. The molecule has 1 aromatic carbocycles. The molecule has 0 saturated carbocycles. The van der Waals surface area contributed by atoms with Crippen LogP contribution in [0, 0.1) is 18.6 Å². The molecule has 0 amide bonds. The van der Waals surface area contributed by atoms with Crippen molar-refractivity contribution in [3.63, 3.8) is 0 Å². The van der Waals surface area contributed by atoms with Gasteiger partial charge in [-0.3, -0.25) is 9.89 Å². The van der Waals surface area contributed by atoms with Crippen LogP contribution in [0.4, 0.5) is 8.78 Å². The smallest absolute Gasteiger partial charge is 0.303 e. The fraction of sp³-hybridized carbons (Fsp3) is 0.231. The number of halogens is 2. The van der Waals surface area contributed by atoms with Gasteiger partial charge in [0.2, 0.25) is 0 Å². The Morgan fingerprint density at radius 2 is 2.11 bits per heavy atom. The van der Waals surface area contributed by atoms with E-state index in [4.69, 9.17) is 5.11 Å². The lowest BCUT2D eigenvalue weighted by molar-refractivity contribution is -0.136. The summed E-state index contributed by atoms with van der Waals surface area (Å²) in [6, 6.07) is 3.54. The fourth-order valence-corrected chi connectivity index (χ4v) is 1.83. The van der Waals surface area contributed by atoms with Crippen LogP contribution in [0.15, 0.2) is 18.2 Å². The van der Waals surface area contributed by atoms with Gasteiger partial charge in [-0.2, -0.15) is 5.10 Å². The van der Waals surface area contributed by atoms with E-state index in [1.54, 1.807) is 6.92 Å². The Labute approximate surface area is 108 Å². The molecule has 2 aromatic rings. The summed E-state index contributed by atoms with van der Waals surface area (Å²) in [7, 11) is 0. The summed E-state index contributed by atoms with van der Waals surface area (Å²) in [6.07, 6.45) is 0.304. The molecular formula is C13H12F2N2O2. The van der Waals surface area contributed by atoms with Crippen molar-refractivity contribution in [1.29, 1.82) is 0 Å². The lowest BCUT2D eigenvalue weighted by Crippen LogP contribution is -1.98. The predicted molar refractivity (Wildman–Crippen MR) is 64.6 cm³/mol. The molecule has 6 heteroatoms. The molecule has 100 valence electrons. The number of aromatic amines is 1. The summed E-state index contributed by atoms with van der Waals surface area (Å²) < 4.78 is 26.0. The number of nitrogens with one attached hydrogen (secondary N) is 1. The summed E-state index contributed by atoms with van der Waals surface area (Å²) in [5.74, 6) is -2.75. The summed E-state index contributed by atoms with van der Waals surface area (Å²) in [5.41, 5.74) is 2.38. The van der Waals surface area contributed by atoms with Gasteiger partial charge >= 0.3 is 5.97 Å². The van der Waals surface area contributed by atoms with E-state index in [0.717, 1.165) is 17.7 Å². The average molecular weight is 266 g/mol. The molecule has 1 aromatic heterocycles. The van der Waals surface area contributed by atoms with E-state index in [0.29, 0.717) is 23.4 Å². The monoisotopic (exact) mass is 266 g/mol. The van der Waals surface area contributed by atoms with Gasteiger partial charge in [0.15, 0.2) is 11.6 Å². The van der Waals surface area contributed by atoms with Gasteiger partial charge in [0.1, 0.15) is 0 Å². The maximum Gasteiger partial charge on any atom is 0.303 e. The number of carboxylic acid groups (broad SMARTS) is 1. The van der Waals surface area contributed by atoms with Crippen LogP contribution in [-0.4, -0.2) is 21.3 Å². The standard InChI is InChI=1S/C13H12F2N2O2/c1-7-11(4-5-12(18)19)16-17-13(7)8-2-3-9(14)10(15)6-8/h2-3,6H,4-5H2,1H3,(H,16,17)(H,18,19). The first-order valence-corrected chi connectivity index (χ1v) is 5.70. The molecule has 0 bridgehead atoms. The van der Waals surface area contributed by atoms with Gasteiger partial charge in [-0.15, -0.1) is 0 Å². The number of rotatable bonds is 4. The van der Waals surface area contributed by atoms with Crippen LogP contribution in [0.2, 0.25) is 0 Å². The molecular weight excluding hydrogens is 254 g/mol. The lowest BCUT2D eigenvalue weighted by atomic mass is 10.0. The molecule has 0 aliphatic heterocycles. The van der Waals surface area contributed by atoms with E-state index in [1.807, 2.05) is 0 Å². The summed E-state index contributed by atoms with van der Waals surface area (Å²) in [6.45, 7) is 1.76. The third-order valence-electron chi connectivity index (χ3n) is 2.89. The van der Waals surface area contributed by atoms with E-state index >= 15 is 0 Å². The molecule has 2 rings (SSSR count). The van der Waals surface area contributed by atoms with Crippen molar-refractivity contribution in [1.82, 2.24) is 10.2 Å². The van der Waals surface area contributed by atoms with Gasteiger partial charge in [-0.25, -0.2) is 8.78 Å². The van der Waals surface area contributed by atoms with Crippen molar-refractivity contribution in [3.05, 3.63) is 41.1 Å². The third-order valence-corrected chi connectivity index (χ3v) is 2.89. The van der Waals surface area contributed by atoms with E-state index in [2.05, 4.69) is 10.2 Å². The molecule has 1 heterocycles. The second kappa shape index (κ2) is 5.17. The predicted octanol–water partition coefficient (Wildman–Crippen LogP) is 2.68. The van der Waals surface area contributed by atoms with Crippen molar-refractivity contribution in [2.24, 2.45) is 0 Å². The highest BCUT2D eigenvalue weighted by molar-refractivity contribution is 5.68. The van der Waals surface area contributed by atoms with Crippen LogP contribution in [0.25, 0.3) is 11.3 Å². The number of hydrogen-bond donors (Lipinski definition) is 2. The van der Waals surface area contributed by atoms with Crippen molar-refractivity contribution in [3.8, 4) is 11.3 Å². The number of aryl methyl sites for hydroxylation is 1. The van der Waals surface area contributed by atoms with Crippen LogP contribution >= 0.6 is 0 Å². The Kier molecular flexibility index (Phi) is 3.59. The fourth-order valence-electron chi connectivity index (χ4n) is 1.83. The van der Waals surface area contributed by atoms with Gasteiger partial charge in [-0.1, -0.05) is 0 Å². The Morgan fingerprint density at radius 3 is 2.74 bits per heavy atom. The first-order valence-electron chi connectivity index (χ1n) is 5.70. The third kappa shape index (κ3) is 2.78. The maximum absolute atomic E-state index is 13.2. The van der Waals surface area contributed by atoms with Gasteiger partial charge < -0.3 is 5.11 Å². The molecule has 0 unspecified atom stereocenters. The minimum atomic E-state index is -0.938. The Morgan fingerprint density at radius 1 is 1.37 bits per heavy atom. The Bertz CT molecular complexity index is 623. The molecule has 0 spiro atoms. The second-order valence-electron chi connectivity index (χ2n) is 4.20. The quantitative estimate of drug-likeness (QED) is 0.894. The molecule has 0 fully saturated rings.